The van der Waals surface area contributed by atoms with Crippen molar-refractivity contribution in [3.05, 3.63) is 71.4 Å². The average molecular weight is 418 g/mol. The van der Waals surface area contributed by atoms with Crippen molar-refractivity contribution in [1.82, 2.24) is 10.1 Å². The first kappa shape index (κ1) is 20.6. The molecular weight excluding hydrogens is 396 g/mol. The lowest BCUT2D eigenvalue weighted by atomic mass is 9.67. The quantitative estimate of drug-likeness (QED) is 0.431. The number of hydrogen-bond donors (Lipinski definition) is 0. The molecule has 0 radical (unpaired) electrons. The topological polar surface area (TPSA) is 38.9 Å². The largest absolute Gasteiger partial charge is 0.419 e. The van der Waals surface area contributed by atoms with Crippen LogP contribution in [0.15, 0.2) is 53.1 Å². The number of aromatic nitrogens is 2. The summed E-state index contributed by atoms with van der Waals surface area (Å²) in [7, 11) is 0. The highest BCUT2D eigenvalue weighted by atomic mass is 19.4. The molecule has 0 bridgehead atoms. The maximum absolute atomic E-state index is 13.9. The highest BCUT2D eigenvalue weighted by molar-refractivity contribution is 5.55. The van der Waals surface area contributed by atoms with Crippen LogP contribution in [0.3, 0.4) is 0 Å². The van der Waals surface area contributed by atoms with Crippen LogP contribution in [0.2, 0.25) is 0 Å². The SMILES string of the molecule is Fc1cc(-c2noc(CCC3(c4ccccc4)CCCCC3)n2)ccc1C(F)(F)F. The van der Waals surface area contributed by atoms with Crippen LogP contribution in [0, 0.1) is 5.82 Å². The minimum Gasteiger partial charge on any atom is -0.339 e. The van der Waals surface area contributed by atoms with Crippen molar-refractivity contribution in [3.63, 3.8) is 0 Å². The third-order valence-electron chi connectivity index (χ3n) is 6.02. The number of aryl methyl sites for hydroxylation is 1. The van der Waals surface area contributed by atoms with Gasteiger partial charge < -0.3 is 4.52 Å². The Hall–Kier alpha value is -2.70. The summed E-state index contributed by atoms with van der Waals surface area (Å²) < 4.78 is 57.4. The average Bonchev–Trinajstić information content (AvgIpc) is 3.22. The maximum atomic E-state index is 13.9. The van der Waals surface area contributed by atoms with Crippen LogP contribution in [0.1, 0.15) is 55.5 Å². The van der Waals surface area contributed by atoms with Gasteiger partial charge in [-0.15, -0.1) is 0 Å². The molecule has 4 rings (SSSR count). The zero-order valence-corrected chi connectivity index (χ0v) is 16.4. The maximum Gasteiger partial charge on any atom is 0.419 e. The van der Waals surface area contributed by atoms with Crippen molar-refractivity contribution < 1.29 is 22.1 Å². The first-order valence-corrected chi connectivity index (χ1v) is 10.1. The van der Waals surface area contributed by atoms with Gasteiger partial charge in [0.15, 0.2) is 0 Å². The molecule has 0 N–H and O–H groups in total. The molecule has 1 fully saturated rings. The Morgan fingerprint density at radius 2 is 1.70 bits per heavy atom. The van der Waals surface area contributed by atoms with Crippen molar-refractivity contribution in [2.75, 3.05) is 0 Å². The van der Waals surface area contributed by atoms with Crippen molar-refractivity contribution in [2.24, 2.45) is 0 Å². The number of hydrogen-bond acceptors (Lipinski definition) is 3. The Kier molecular flexibility index (Phi) is 5.62. The third-order valence-corrected chi connectivity index (χ3v) is 6.02. The number of benzene rings is 2. The van der Waals surface area contributed by atoms with E-state index in [9.17, 15) is 17.6 Å². The molecule has 1 saturated carbocycles. The second-order valence-electron chi connectivity index (χ2n) is 7.91. The Balaban J connectivity index is 1.51. The molecule has 0 unspecified atom stereocenters. The summed E-state index contributed by atoms with van der Waals surface area (Å²) in [6.45, 7) is 0. The predicted molar refractivity (Wildman–Crippen MR) is 104 cm³/mol. The van der Waals surface area contributed by atoms with Crippen LogP contribution < -0.4 is 0 Å². The number of alkyl halides is 3. The van der Waals surface area contributed by atoms with Crippen molar-refractivity contribution in [3.8, 4) is 11.4 Å². The minimum absolute atomic E-state index is 0.0641. The van der Waals surface area contributed by atoms with Gasteiger partial charge in [0.25, 0.3) is 0 Å². The molecular formula is C23H22F4N2O. The Bertz CT molecular complexity index is 992. The molecule has 0 aliphatic heterocycles. The summed E-state index contributed by atoms with van der Waals surface area (Å²) in [5.41, 5.74) is 0.228. The van der Waals surface area contributed by atoms with E-state index in [1.165, 1.54) is 24.8 Å². The van der Waals surface area contributed by atoms with Crippen molar-refractivity contribution in [2.45, 2.75) is 56.5 Å². The van der Waals surface area contributed by atoms with Crippen molar-refractivity contribution >= 4 is 0 Å². The predicted octanol–water partition coefficient (Wildman–Crippen LogP) is 6.73. The van der Waals surface area contributed by atoms with Crippen LogP contribution >= 0.6 is 0 Å². The van der Waals surface area contributed by atoms with Gasteiger partial charge in [-0.2, -0.15) is 18.2 Å². The van der Waals surface area contributed by atoms with Gasteiger partial charge in [-0.3, -0.25) is 0 Å². The zero-order chi connectivity index (χ0) is 21.2. The molecule has 0 atom stereocenters. The van der Waals surface area contributed by atoms with E-state index in [0.717, 1.165) is 31.4 Å². The highest BCUT2D eigenvalue weighted by Gasteiger charge is 2.35. The normalized spacial score (nSPS) is 16.5. The van der Waals surface area contributed by atoms with Gasteiger partial charge in [-0.05, 0) is 42.4 Å². The molecule has 3 aromatic rings. The molecule has 0 amide bonds. The van der Waals surface area contributed by atoms with E-state index in [2.05, 4.69) is 34.4 Å². The molecule has 30 heavy (non-hydrogen) atoms. The minimum atomic E-state index is -4.74. The summed E-state index contributed by atoms with van der Waals surface area (Å²) >= 11 is 0. The lowest BCUT2D eigenvalue weighted by molar-refractivity contribution is -0.139. The standard InChI is InChI=1S/C23H22F4N2O/c24-19-15-16(9-10-18(19)23(25,26)27)21-28-20(30-29-21)11-14-22(12-5-2-6-13-22)17-7-3-1-4-8-17/h1,3-4,7-10,15H,2,5-6,11-14H2. The van der Waals surface area contributed by atoms with Crippen LogP contribution in [0.5, 0.6) is 0 Å². The number of nitrogens with zero attached hydrogens (tertiary/aromatic N) is 2. The van der Waals surface area contributed by atoms with Crippen LogP contribution in [0.4, 0.5) is 17.6 Å². The summed E-state index contributed by atoms with van der Waals surface area (Å²) in [4.78, 5) is 4.30. The molecule has 1 heterocycles. The number of halogens is 4. The molecule has 3 nitrogen and oxygen atoms in total. The third kappa shape index (κ3) is 4.25. The van der Waals surface area contributed by atoms with Crippen molar-refractivity contribution in [1.29, 1.82) is 0 Å². The van der Waals surface area contributed by atoms with E-state index < -0.39 is 17.6 Å². The fraction of sp³-hybridized carbons (Fsp3) is 0.391. The first-order chi connectivity index (χ1) is 14.4. The summed E-state index contributed by atoms with van der Waals surface area (Å²) in [5.74, 6) is -0.849. The molecule has 0 spiro atoms. The van der Waals surface area contributed by atoms with Gasteiger partial charge in [0, 0.05) is 12.0 Å². The number of rotatable bonds is 5. The summed E-state index contributed by atoms with van der Waals surface area (Å²) in [6.07, 6.45) is 2.45. The highest BCUT2D eigenvalue weighted by Crippen LogP contribution is 2.43. The fourth-order valence-corrected chi connectivity index (χ4v) is 4.41. The summed E-state index contributed by atoms with van der Waals surface area (Å²) in [6, 6.07) is 13.1. The molecule has 1 aromatic heterocycles. The van der Waals surface area contributed by atoms with Gasteiger partial charge in [0.2, 0.25) is 11.7 Å². The lowest BCUT2D eigenvalue weighted by Crippen LogP contribution is -2.29. The van der Waals surface area contributed by atoms with E-state index in [-0.39, 0.29) is 16.8 Å². The molecule has 7 heteroatoms. The zero-order valence-electron chi connectivity index (χ0n) is 16.4. The van der Waals surface area contributed by atoms with Gasteiger partial charge in [0.1, 0.15) is 5.82 Å². The van der Waals surface area contributed by atoms with Gasteiger partial charge >= 0.3 is 6.18 Å². The van der Waals surface area contributed by atoms with Gasteiger partial charge in [-0.1, -0.05) is 60.8 Å². The summed E-state index contributed by atoms with van der Waals surface area (Å²) in [5, 5.41) is 3.84. The van der Waals surface area contributed by atoms with E-state index in [0.29, 0.717) is 18.4 Å². The second-order valence-corrected chi connectivity index (χ2v) is 7.91. The molecule has 1 aliphatic rings. The lowest BCUT2D eigenvalue weighted by Gasteiger charge is -2.38. The van der Waals surface area contributed by atoms with Crippen LogP contribution in [-0.2, 0) is 18.0 Å². The fourth-order valence-electron chi connectivity index (χ4n) is 4.41. The van der Waals surface area contributed by atoms with E-state index in [1.54, 1.807) is 0 Å². The van der Waals surface area contributed by atoms with Crippen LogP contribution in [0.25, 0.3) is 11.4 Å². The van der Waals surface area contributed by atoms with Crippen LogP contribution in [-0.4, -0.2) is 10.1 Å². The molecule has 158 valence electrons. The Morgan fingerprint density at radius 1 is 0.967 bits per heavy atom. The van der Waals surface area contributed by atoms with E-state index >= 15 is 0 Å². The molecule has 2 aromatic carbocycles. The smallest absolute Gasteiger partial charge is 0.339 e. The molecule has 1 aliphatic carbocycles. The van der Waals surface area contributed by atoms with E-state index in [4.69, 9.17) is 4.52 Å². The first-order valence-electron chi connectivity index (χ1n) is 10.1. The van der Waals surface area contributed by atoms with Gasteiger partial charge in [0.05, 0.1) is 5.56 Å². The van der Waals surface area contributed by atoms with E-state index in [1.807, 2.05) is 6.07 Å². The second kappa shape index (κ2) is 8.20. The monoisotopic (exact) mass is 418 g/mol. The molecule has 0 saturated heterocycles. The Morgan fingerprint density at radius 3 is 2.37 bits per heavy atom. The Labute approximate surface area is 172 Å². The van der Waals surface area contributed by atoms with Gasteiger partial charge in [-0.25, -0.2) is 4.39 Å².